The number of nitrogens with one attached hydrogen (secondary N) is 1. The van der Waals surface area contributed by atoms with Gasteiger partial charge in [0.25, 0.3) is 5.91 Å². The van der Waals surface area contributed by atoms with Crippen molar-refractivity contribution in [3.8, 4) is 0 Å². The van der Waals surface area contributed by atoms with Gasteiger partial charge in [-0.15, -0.1) is 0 Å². The van der Waals surface area contributed by atoms with Gasteiger partial charge in [-0.1, -0.05) is 6.07 Å². The van der Waals surface area contributed by atoms with Gasteiger partial charge in [0.05, 0.1) is 0 Å². The van der Waals surface area contributed by atoms with Crippen LogP contribution in [-0.2, 0) is 6.54 Å². The first-order valence-corrected chi connectivity index (χ1v) is 6.72. The van der Waals surface area contributed by atoms with Gasteiger partial charge in [-0.25, -0.2) is 0 Å². The standard InChI is InChI=1S/C14H14N2O2S/c1-9-2-3-11(6-12(9)13(15)17)14(18)16-7-10-4-5-19-8-10/h2-6,8H,7H2,1H3,(H2,15,17)(H,16,18). The molecule has 0 fully saturated rings. The first-order chi connectivity index (χ1) is 9.08. The van der Waals surface area contributed by atoms with Crippen molar-refractivity contribution in [2.75, 3.05) is 0 Å². The minimum atomic E-state index is -0.523. The minimum Gasteiger partial charge on any atom is -0.366 e. The van der Waals surface area contributed by atoms with E-state index in [1.165, 1.54) is 6.07 Å². The average molecular weight is 274 g/mol. The van der Waals surface area contributed by atoms with E-state index in [1.807, 2.05) is 16.8 Å². The Balaban J connectivity index is 2.11. The van der Waals surface area contributed by atoms with Crippen molar-refractivity contribution in [2.24, 2.45) is 5.73 Å². The van der Waals surface area contributed by atoms with Crippen molar-refractivity contribution in [1.29, 1.82) is 0 Å². The molecule has 0 atom stereocenters. The quantitative estimate of drug-likeness (QED) is 0.896. The molecule has 2 amide bonds. The van der Waals surface area contributed by atoms with E-state index in [4.69, 9.17) is 5.73 Å². The summed E-state index contributed by atoms with van der Waals surface area (Å²) in [7, 11) is 0. The van der Waals surface area contributed by atoms with Crippen LogP contribution in [0.15, 0.2) is 35.0 Å². The van der Waals surface area contributed by atoms with Crippen molar-refractivity contribution in [1.82, 2.24) is 5.32 Å². The number of hydrogen-bond donors (Lipinski definition) is 2. The van der Waals surface area contributed by atoms with E-state index in [0.717, 1.165) is 11.1 Å². The molecule has 0 unspecified atom stereocenters. The lowest BCUT2D eigenvalue weighted by molar-refractivity contribution is 0.0951. The van der Waals surface area contributed by atoms with E-state index in [1.54, 1.807) is 30.4 Å². The van der Waals surface area contributed by atoms with Crippen LogP contribution in [0.3, 0.4) is 0 Å². The molecule has 2 aromatic rings. The maximum Gasteiger partial charge on any atom is 0.251 e. The fraction of sp³-hybridized carbons (Fsp3) is 0.143. The van der Waals surface area contributed by atoms with Gasteiger partial charge < -0.3 is 11.1 Å². The average Bonchev–Trinajstić information content (AvgIpc) is 2.89. The maximum atomic E-state index is 12.0. The number of carbonyl (C=O) groups excluding carboxylic acids is 2. The van der Waals surface area contributed by atoms with Crippen molar-refractivity contribution in [2.45, 2.75) is 13.5 Å². The number of thiophene rings is 1. The highest BCUT2D eigenvalue weighted by Gasteiger charge is 2.10. The third kappa shape index (κ3) is 3.20. The Morgan fingerprint density at radius 1 is 1.32 bits per heavy atom. The second-order valence-corrected chi connectivity index (χ2v) is 4.99. The summed E-state index contributed by atoms with van der Waals surface area (Å²) in [5, 5.41) is 6.74. The third-order valence-electron chi connectivity index (χ3n) is 2.80. The molecule has 4 nitrogen and oxygen atoms in total. The SMILES string of the molecule is Cc1ccc(C(=O)NCc2ccsc2)cc1C(N)=O. The molecule has 1 aromatic carbocycles. The zero-order valence-corrected chi connectivity index (χ0v) is 11.3. The molecule has 0 aliphatic carbocycles. The smallest absolute Gasteiger partial charge is 0.251 e. The summed E-state index contributed by atoms with van der Waals surface area (Å²) in [6.07, 6.45) is 0. The van der Waals surface area contributed by atoms with Gasteiger partial charge in [0.1, 0.15) is 0 Å². The van der Waals surface area contributed by atoms with Crippen LogP contribution < -0.4 is 11.1 Å². The normalized spacial score (nSPS) is 10.2. The molecule has 0 spiro atoms. The monoisotopic (exact) mass is 274 g/mol. The van der Waals surface area contributed by atoms with Crippen molar-refractivity contribution >= 4 is 23.2 Å². The number of aryl methyl sites for hydroxylation is 1. The Labute approximate surface area is 115 Å². The Bertz CT molecular complexity index is 606. The van der Waals surface area contributed by atoms with Crippen LogP contribution >= 0.6 is 11.3 Å². The molecule has 0 aliphatic heterocycles. The molecule has 3 N–H and O–H groups in total. The second kappa shape index (κ2) is 5.67. The van der Waals surface area contributed by atoms with E-state index in [2.05, 4.69) is 5.32 Å². The van der Waals surface area contributed by atoms with E-state index >= 15 is 0 Å². The first kappa shape index (κ1) is 13.3. The fourth-order valence-electron chi connectivity index (χ4n) is 1.71. The Kier molecular flexibility index (Phi) is 3.97. The highest BCUT2D eigenvalue weighted by atomic mass is 32.1. The van der Waals surface area contributed by atoms with Crippen LogP contribution in [0.4, 0.5) is 0 Å². The molecular weight excluding hydrogens is 260 g/mol. The summed E-state index contributed by atoms with van der Waals surface area (Å²) in [4.78, 5) is 23.2. The van der Waals surface area contributed by atoms with E-state index in [9.17, 15) is 9.59 Å². The molecule has 98 valence electrons. The van der Waals surface area contributed by atoms with E-state index in [-0.39, 0.29) is 5.91 Å². The second-order valence-electron chi connectivity index (χ2n) is 4.21. The van der Waals surface area contributed by atoms with Gasteiger partial charge in [0, 0.05) is 17.7 Å². The Morgan fingerprint density at radius 2 is 2.11 bits per heavy atom. The van der Waals surface area contributed by atoms with Gasteiger partial charge in [-0.3, -0.25) is 9.59 Å². The zero-order chi connectivity index (χ0) is 13.8. The summed E-state index contributed by atoms with van der Waals surface area (Å²) >= 11 is 1.58. The largest absolute Gasteiger partial charge is 0.366 e. The van der Waals surface area contributed by atoms with Gasteiger partial charge >= 0.3 is 0 Å². The van der Waals surface area contributed by atoms with E-state index in [0.29, 0.717) is 17.7 Å². The van der Waals surface area contributed by atoms with E-state index < -0.39 is 5.91 Å². The zero-order valence-electron chi connectivity index (χ0n) is 10.5. The molecule has 0 bridgehead atoms. The minimum absolute atomic E-state index is 0.214. The number of hydrogen-bond acceptors (Lipinski definition) is 3. The van der Waals surface area contributed by atoms with Crippen LogP contribution in [0, 0.1) is 6.92 Å². The molecule has 0 saturated heterocycles. The molecule has 19 heavy (non-hydrogen) atoms. The molecular formula is C14H14N2O2S. The summed E-state index contributed by atoms with van der Waals surface area (Å²) in [5.41, 5.74) is 7.90. The van der Waals surface area contributed by atoms with Crippen LogP contribution in [0.2, 0.25) is 0 Å². The lowest BCUT2D eigenvalue weighted by Gasteiger charge is -2.07. The highest BCUT2D eigenvalue weighted by Crippen LogP contribution is 2.11. The van der Waals surface area contributed by atoms with Crippen LogP contribution in [0.25, 0.3) is 0 Å². The predicted octanol–water partition coefficient (Wildman–Crippen LogP) is 2.09. The molecule has 0 saturated carbocycles. The van der Waals surface area contributed by atoms with Crippen LogP contribution in [-0.4, -0.2) is 11.8 Å². The number of primary amides is 1. The molecule has 0 radical (unpaired) electrons. The molecule has 5 heteroatoms. The summed E-state index contributed by atoms with van der Waals surface area (Å²) in [6, 6.07) is 6.89. The Hall–Kier alpha value is -2.14. The topological polar surface area (TPSA) is 72.2 Å². The van der Waals surface area contributed by atoms with Crippen molar-refractivity contribution in [3.63, 3.8) is 0 Å². The number of rotatable bonds is 4. The summed E-state index contributed by atoms with van der Waals surface area (Å²) in [6.45, 7) is 2.26. The van der Waals surface area contributed by atoms with Gasteiger partial charge in [-0.05, 0) is 47.0 Å². The lowest BCUT2D eigenvalue weighted by Crippen LogP contribution is -2.23. The van der Waals surface area contributed by atoms with Crippen molar-refractivity contribution < 1.29 is 9.59 Å². The molecule has 1 heterocycles. The maximum absolute atomic E-state index is 12.0. The molecule has 1 aromatic heterocycles. The number of nitrogens with two attached hydrogens (primary N) is 1. The van der Waals surface area contributed by atoms with Crippen LogP contribution in [0.1, 0.15) is 31.8 Å². The summed E-state index contributed by atoms with van der Waals surface area (Å²) < 4.78 is 0. The third-order valence-corrected chi connectivity index (χ3v) is 3.53. The van der Waals surface area contributed by atoms with Gasteiger partial charge in [0.2, 0.25) is 5.91 Å². The predicted molar refractivity (Wildman–Crippen MR) is 75.2 cm³/mol. The highest BCUT2D eigenvalue weighted by molar-refractivity contribution is 7.07. The number of carbonyl (C=O) groups is 2. The molecule has 2 rings (SSSR count). The Morgan fingerprint density at radius 3 is 2.74 bits per heavy atom. The van der Waals surface area contributed by atoms with Crippen LogP contribution in [0.5, 0.6) is 0 Å². The lowest BCUT2D eigenvalue weighted by atomic mass is 10.0. The fourth-order valence-corrected chi connectivity index (χ4v) is 2.37. The molecule has 0 aliphatic rings. The number of amides is 2. The van der Waals surface area contributed by atoms with Gasteiger partial charge in [0.15, 0.2) is 0 Å². The van der Waals surface area contributed by atoms with Crippen molar-refractivity contribution in [3.05, 3.63) is 57.3 Å². The van der Waals surface area contributed by atoms with Gasteiger partial charge in [-0.2, -0.15) is 11.3 Å². The summed E-state index contributed by atoms with van der Waals surface area (Å²) in [5.74, 6) is -0.737. The first-order valence-electron chi connectivity index (χ1n) is 5.77. The number of benzene rings is 1.